The minimum absolute atomic E-state index is 0.0238. The molecule has 2 heterocycles. The van der Waals surface area contributed by atoms with E-state index in [2.05, 4.69) is 5.32 Å². The number of ether oxygens (including phenoxy) is 3. The summed E-state index contributed by atoms with van der Waals surface area (Å²) < 4.78 is 17.3. The molecule has 1 aliphatic rings. The molecule has 1 fully saturated rings. The van der Waals surface area contributed by atoms with Gasteiger partial charge in [0.1, 0.15) is 41.2 Å². The SMILES string of the molecule is COc1ccc2c(O[C@@H]3C[C@@H](C(N)=O)N(C(=O)[C@H](CCN(C)C(=O)CCl)NC(=O)OC(C)(C)C)C3)cc(-c3ccccc3)nc2c1. The number of carbonyl (C=O) groups is 4. The zero-order chi connectivity index (χ0) is 33.6. The molecule has 1 aliphatic heterocycles. The van der Waals surface area contributed by atoms with Gasteiger partial charge in [0.25, 0.3) is 0 Å². The first kappa shape index (κ1) is 34.3. The van der Waals surface area contributed by atoms with Crippen molar-refractivity contribution in [2.75, 3.05) is 33.1 Å². The maximum atomic E-state index is 14.0. The number of alkyl halides is 1. The largest absolute Gasteiger partial charge is 0.497 e. The maximum absolute atomic E-state index is 14.0. The first-order valence-electron chi connectivity index (χ1n) is 14.9. The highest BCUT2D eigenvalue weighted by Gasteiger charge is 2.42. The number of benzene rings is 2. The number of likely N-dealkylation sites (tertiary alicyclic amines) is 1. The molecule has 4 rings (SSSR count). The molecular formula is C33H40ClN5O7. The number of pyridine rings is 1. The summed E-state index contributed by atoms with van der Waals surface area (Å²) in [5.74, 6) is -0.692. The van der Waals surface area contributed by atoms with Crippen LogP contribution in [-0.4, -0.2) is 95.5 Å². The van der Waals surface area contributed by atoms with Crippen LogP contribution in [0, 0.1) is 0 Å². The van der Waals surface area contributed by atoms with Crippen LogP contribution in [0.15, 0.2) is 54.6 Å². The number of hydrogen-bond acceptors (Lipinski definition) is 8. The van der Waals surface area contributed by atoms with Crippen molar-refractivity contribution >= 4 is 46.3 Å². The molecule has 13 heteroatoms. The van der Waals surface area contributed by atoms with Crippen LogP contribution in [0.2, 0.25) is 0 Å². The van der Waals surface area contributed by atoms with Gasteiger partial charge in [0, 0.05) is 43.1 Å². The van der Waals surface area contributed by atoms with Crippen LogP contribution >= 0.6 is 11.6 Å². The van der Waals surface area contributed by atoms with E-state index in [1.54, 1.807) is 41.0 Å². The van der Waals surface area contributed by atoms with Crippen molar-refractivity contribution in [1.82, 2.24) is 20.1 Å². The molecule has 3 N–H and O–H groups in total. The van der Waals surface area contributed by atoms with Crippen molar-refractivity contribution in [3.63, 3.8) is 0 Å². The Labute approximate surface area is 273 Å². The lowest BCUT2D eigenvalue weighted by molar-refractivity contribution is -0.139. The molecule has 0 saturated carbocycles. The summed E-state index contributed by atoms with van der Waals surface area (Å²) in [5, 5.41) is 3.33. The Morgan fingerprint density at radius 1 is 1.13 bits per heavy atom. The van der Waals surface area contributed by atoms with E-state index in [-0.39, 0.29) is 37.7 Å². The monoisotopic (exact) mass is 653 g/mol. The average molecular weight is 654 g/mol. The van der Waals surface area contributed by atoms with Crippen LogP contribution in [0.25, 0.3) is 22.2 Å². The van der Waals surface area contributed by atoms with Crippen LogP contribution in [0.3, 0.4) is 0 Å². The Morgan fingerprint density at radius 3 is 2.48 bits per heavy atom. The van der Waals surface area contributed by atoms with Crippen molar-refractivity contribution in [3.8, 4) is 22.8 Å². The molecule has 12 nitrogen and oxygen atoms in total. The molecule has 1 aromatic heterocycles. The second-order valence-corrected chi connectivity index (χ2v) is 12.3. The van der Waals surface area contributed by atoms with Gasteiger partial charge in [-0.05, 0) is 39.3 Å². The Hall–Kier alpha value is -4.58. The van der Waals surface area contributed by atoms with E-state index in [1.807, 2.05) is 48.5 Å². The number of rotatable bonds is 11. The molecule has 0 spiro atoms. The fraction of sp³-hybridized carbons (Fsp3) is 0.424. The fourth-order valence-corrected chi connectivity index (χ4v) is 5.39. The summed E-state index contributed by atoms with van der Waals surface area (Å²) in [7, 11) is 3.12. The fourth-order valence-electron chi connectivity index (χ4n) is 5.19. The second-order valence-electron chi connectivity index (χ2n) is 12.1. The standard InChI is InChI=1S/C33H40ClN5O7/c1-33(2,3)46-32(43)37-24(13-14-38(4)29(40)18-34)31(42)39-19-22(16-27(39)30(35)41)45-28-17-25(20-9-7-6-8-10-20)36-26-15-21(44-5)11-12-23(26)28/h6-12,15,17,22,24,27H,13-14,16,18-19H2,1-5H3,(H2,35,41)(H,37,43)/t22-,24+,27+/m1/s1. The number of fused-ring (bicyclic) bond motifs is 1. The number of aromatic nitrogens is 1. The van der Waals surface area contributed by atoms with Crippen LogP contribution in [0.4, 0.5) is 4.79 Å². The minimum atomic E-state index is -1.13. The number of alkyl carbamates (subject to hydrolysis) is 1. The zero-order valence-corrected chi connectivity index (χ0v) is 27.4. The molecule has 246 valence electrons. The van der Waals surface area contributed by atoms with Crippen molar-refractivity contribution in [1.29, 1.82) is 0 Å². The van der Waals surface area contributed by atoms with Gasteiger partial charge < -0.3 is 35.1 Å². The summed E-state index contributed by atoms with van der Waals surface area (Å²) in [6.07, 6.45) is -1.25. The quantitative estimate of drug-likeness (QED) is 0.297. The van der Waals surface area contributed by atoms with Gasteiger partial charge in [0.15, 0.2) is 0 Å². The molecule has 4 amide bonds. The first-order valence-corrected chi connectivity index (χ1v) is 15.4. The molecule has 0 bridgehead atoms. The normalized spacial score (nSPS) is 16.9. The Bertz CT molecular complexity index is 1580. The van der Waals surface area contributed by atoms with Gasteiger partial charge in [0.2, 0.25) is 17.7 Å². The third kappa shape index (κ3) is 8.57. The molecular weight excluding hydrogens is 614 g/mol. The molecule has 0 aliphatic carbocycles. The third-order valence-electron chi connectivity index (χ3n) is 7.50. The number of halogens is 1. The highest BCUT2D eigenvalue weighted by atomic mass is 35.5. The number of primary amides is 1. The van der Waals surface area contributed by atoms with Gasteiger partial charge >= 0.3 is 6.09 Å². The lowest BCUT2D eigenvalue weighted by Crippen LogP contribution is -2.54. The Morgan fingerprint density at radius 2 is 1.85 bits per heavy atom. The van der Waals surface area contributed by atoms with Crippen molar-refractivity contribution in [3.05, 3.63) is 54.6 Å². The predicted octanol–water partition coefficient (Wildman–Crippen LogP) is 3.72. The van der Waals surface area contributed by atoms with E-state index in [4.69, 9.17) is 36.5 Å². The van der Waals surface area contributed by atoms with E-state index < -0.39 is 41.7 Å². The average Bonchev–Trinajstić information content (AvgIpc) is 3.45. The Balaban J connectivity index is 1.62. The third-order valence-corrected chi connectivity index (χ3v) is 7.73. The summed E-state index contributed by atoms with van der Waals surface area (Å²) in [5.41, 5.74) is 7.15. The summed E-state index contributed by atoms with van der Waals surface area (Å²) in [4.78, 5) is 58.9. The van der Waals surface area contributed by atoms with E-state index in [0.717, 1.165) is 10.9 Å². The van der Waals surface area contributed by atoms with Crippen LogP contribution in [0.5, 0.6) is 11.5 Å². The van der Waals surface area contributed by atoms with Gasteiger partial charge in [-0.1, -0.05) is 30.3 Å². The molecule has 3 aromatic rings. The van der Waals surface area contributed by atoms with Crippen LogP contribution in [0.1, 0.15) is 33.6 Å². The zero-order valence-electron chi connectivity index (χ0n) is 26.6. The number of nitrogens with two attached hydrogens (primary N) is 1. The van der Waals surface area contributed by atoms with Crippen LogP contribution in [-0.2, 0) is 19.1 Å². The van der Waals surface area contributed by atoms with Crippen molar-refractivity contribution < 1.29 is 33.4 Å². The topological polar surface area (TPSA) is 153 Å². The lowest BCUT2D eigenvalue weighted by atomic mass is 10.1. The minimum Gasteiger partial charge on any atom is -0.497 e. The highest BCUT2D eigenvalue weighted by Crippen LogP contribution is 2.34. The second kappa shape index (κ2) is 14.7. The first-order chi connectivity index (χ1) is 21.8. The highest BCUT2D eigenvalue weighted by molar-refractivity contribution is 6.27. The summed E-state index contributed by atoms with van der Waals surface area (Å²) in [6.45, 7) is 5.23. The number of methoxy groups -OCH3 is 1. The lowest BCUT2D eigenvalue weighted by Gasteiger charge is -2.29. The van der Waals surface area contributed by atoms with E-state index in [9.17, 15) is 19.2 Å². The number of amides is 4. The summed E-state index contributed by atoms with van der Waals surface area (Å²) >= 11 is 5.69. The number of carbonyl (C=O) groups excluding carboxylic acids is 4. The van der Waals surface area contributed by atoms with E-state index in [1.165, 1.54) is 9.80 Å². The molecule has 46 heavy (non-hydrogen) atoms. The van der Waals surface area contributed by atoms with E-state index >= 15 is 0 Å². The summed E-state index contributed by atoms with van der Waals surface area (Å²) in [6, 6.07) is 14.8. The molecule has 0 radical (unpaired) electrons. The number of hydrogen-bond donors (Lipinski definition) is 2. The number of nitrogens with one attached hydrogen (secondary N) is 1. The predicted molar refractivity (Wildman–Crippen MR) is 174 cm³/mol. The van der Waals surface area contributed by atoms with Gasteiger partial charge in [-0.25, -0.2) is 9.78 Å². The molecule has 1 saturated heterocycles. The number of nitrogens with zero attached hydrogens (tertiary/aromatic N) is 3. The van der Waals surface area contributed by atoms with E-state index in [0.29, 0.717) is 22.7 Å². The van der Waals surface area contributed by atoms with Gasteiger partial charge in [-0.2, -0.15) is 0 Å². The molecule has 0 unspecified atom stereocenters. The molecule has 2 aromatic carbocycles. The van der Waals surface area contributed by atoms with Crippen LogP contribution < -0.4 is 20.5 Å². The maximum Gasteiger partial charge on any atom is 0.408 e. The smallest absolute Gasteiger partial charge is 0.408 e. The molecule has 3 atom stereocenters. The Kier molecular flexibility index (Phi) is 10.9. The van der Waals surface area contributed by atoms with Gasteiger partial charge in [0.05, 0.1) is 24.9 Å². The van der Waals surface area contributed by atoms with Crippen molar-refractivity contribution in [2.45, 2.75) is 57.4 Å². The van der Waals surface area contributed by atoms with Gasteiger partial charge in [-0.15, -0.1) is 11.6 Å². The van der Waals surface area contributed by atoms with Gasteiger partial charge in [-0.3, -0.25) is 14.4 Å². The van der Waals surface area contributed by atoms with Crippen molar-refractivity contribution in [2.24, 2.45) is 5.73 Å².